The van der Waals surface area contributed by atoms with Crippen LogP contribution in [-0.2, 0) is 31.4 Å². The van der Waals surface area contributed by atoms with Crippen molar-refractivity contribution >= 4 is 55.0 Å². The standard InChI is InChI=1S/C21H26ClN5O8S2/c1-3-26-11-18(19(22)24-26)37(33,34)27-10-14(8-12(2)20(28)25-36(31,32)15-5-6-15)35-17-7-4-13(9-16(17)27)23-21(29)30/h4,7,9,11-12,14-15,23H,3,5-6,8,10H2,1-2H3,(H,25,28)(H,29,30)/t12-,14-/m0/s1. The van der Waals surface area contributed by atoms with E-state index in [0.29, 0.717) is 19.4 Å². The molecule has 2 atom stereocenters. The van der Waals surface area contributed by atoms with Gasteiger partial charge >= 0.3 is 6.09 Å². The first-order valence-corrected chi connectivity index (χ1v) is 14.8. The average molecular weight is 576 g/mol. The second-order valence-corrected chi connectivity index (χ2v) is 13.0. The first-order valence-electron chi connectivity index (χ1n) is 11.4. The van der Waals surface area contributed by atoms with Gasteiger partial charge in [0.2, 0.25) is 15.9 Å². The molecule has 1 fully saturated rings. The summed E-state index contributed by atoms with van der Waals surface area (Å²) in [6.07, 6.45) is 0.140. The first-order chi connectivity index (χ1) is 17.3. The number of sulfonamides is 2. The van der Waals surface area contributed by atoms with E-state index in [4.69, 9.17) is 21.4 Å². The van der Waals surface area contributed by atoms with E-state index in [1.54, 1.807) is 6.92 Å². The van der Waals surface area contributed by atoms with Gasteiger partial charge in [-0.2, -0.15) is 5.10 Å². The number of carbonyl (C=O) groups is 2. The van der Waals surface area contributed by atoms with E-state index in [1.807, 2.05) is 0 Å². The van der Waals surface area contributed by atoms with Crippen LogP contribution in [-0.4, -0.2) is 61.6 Å². The van der Waals surface area contributed by atoms with Gasteiger partial charge in [-0.25, -0.2) is 21.6 Å². The van der Waals surface area contributed by atoms with Crippen LogP contribution in [0.2, 0.25) is 5.15 Å². The van der Waals surface area contributed by atoms with Crippen molar-refractivity contribution in [3.8, 4) is 5.75 Å². The number of ether oxygens (including phenoxy) is 1. The maximum atomic E-state index is 13.7. The molecule has 202 valence electrons. The lowest BCUT2D eigenvalue weighted by Crippen LogP contribution is -2.45. The first kappa shape index (κ1) is 27.0. The van der Waals surface area contributed by atoms with Crippen LogP contribution in [0, 0.1) is 5.92 Å². The number of aryl methyl sites for hydroxylation is 1. The fourth-order valence-electron chi connectivity index (χ4n) is 3.90. The van der Waals surface area contributed by atoms with Crippen LogP contribution < -0.4 is 19.1 Å². The maximum absolute atomic E-state index is 13.7. The number of nitrogens with zero attached hydrogens (tertiary/aromatic N) is 3. The van der Waals surface area contributed by atoms with Crippen molar-refractivity contribution in [2.24, 2.45) is 5.92 Å². The number of nitrogens with one attached hydrogen (secondary N) is 2. The Hall–Kier alpha value is -3.04. The third-order valence-corrected chi connectivity index (χ3v) is 10.00. The second kappa shape index (κ2) is 10.0. The van der Waals surface area contributed by atoms with Crippen molar-refractivity contribution in [1.29, 1.82) is 0 Å². The number of carbonyl (C=O) groups excluding carboxylic acids is 1. The summed E-state index contributed by atoms with van der Waals surface area (Å²) in [5.74, 6) is -1.39. The smallest absolute Gasteiger partial charge is 0.409 e. The van der Waals surface area contributed by atoms with Crippen molar-refractivity contribution in [3.05, 3.63) is 29.5 Å². The van der Waals surface area contributed by atoms with E-state index in [1.165, 1.54) is 36.0 Å². The zero-order valence-corrected chi connectivity index (χ0v) is 22.3. The number of halogens is 1. The highest BCUT2D eigenvalue weighted by Crippen LogP contribution is 2.41. The average Bonchev–Trinajstić information content (AvgIpc) is 3.60. The van der Waals surface area contributed by atoms with E-state index >= 15 is 0 Å². The highest BCUT2D eigenvalue weighted by Gasteiger charge is 2.40. The molecule has 0 unspecified atom stereocenters. The zero-order valence-electron chi connectivity index (χ0n) is 19.9. The Morgan fingerprint density at radius 2 is 1.97 bits per heavy atom. The molecule has 1 saturated carbocycles. The fraction of sp³-hybridized carbons (Fsp3) is 0.476. The predicted octanol–water partition coefficient (Wildman–Crippen LogP) is 2.24. The SMILES string of the molecule is CCn1cc(S(=O)(=O)N2C[C@H](C[C@H](C)C(=O)NS(=O)(=O)C3CC3)Oc3ccc(NC(=O)O)cc32)c(Cl)n1. The normalized spacial score (nSPS) is 18.5. The van der Waals surface area contributed by atoms with Crippen molar-refractivity contribution < 1.29 is 36.3 Å². The van der Waals surface area contributed by atoms with Gasteiger partial charge in [-0.1, -0.05) is 18.5 Å². The summed E-state index contributed by atoms with van der Waals surface area (Å²) in [5, 5.41) is 14.4. The Labute approximate surface area is 218 Å². The van der Waals surface area contributed by atoms with Crippen LogP contribution >= 0.6 is 11.6 Å². The van der Waals surface area contributed by atoms with Crippen LogP contribution in [0.4, 0.5) is 16.2 Å². The summed E-state index contributed by atoms with van der Waals surface area (Å²) in [6.45, 7) is 3.42. The molecule has 4 rings (SSSR count). The molecule has 0 spiro atoms. The third-order valence-electron chi connectivity index (χ3n) is 5.99. The quantitative estimate of drug-likeness (QED) is 0.404. The molecule has 2 amide bonds. The maximum Gasteiger partial charge on any atom is 0.409 e. The van der Waals surface area contributed by atoms with Crippen LogP contribution in [0.15, 0.2) is 29.3 Å². The zero-order chi connectivity index (χ0) is 27.1. The van der Waals surface area contributed by atoms with Gasteiger partial charge in [-0.15, -0.1) is 0 Å². The van der Waals surface area contributed by atoms with Gasteiger partial charge in [-0.05, 0) is 44.4 Å². The molecule has 1 aromatic heterocycles. The van der Waals surface area contributed by atoms with E-state index in [0.717, 1.165) is 4.31 Å². The lowest BCUT2D eigenvalue weighted by atomic mass is 10.0. The molecule has 2 heterocycles. The van der Waals surface area contributed by atoms with Gasteiger partial charge in [-0.3, -0.25) is 23.8 Å². The summed E-state index contributed by atoms with van der Waals surface area (Å²) in [5.41, 5.74) is 0.179. The van der Waals surface area contributed by atoms with Gasteiger partial charge in [0, 0.05) is 24.3 Å². The number of hydrogen-bond donors (Lipinski definition) is 3. The Morgan fingerprint density at radius 1 is 1.27 bits per heavy atom. The van der Waals surface area contributed by atoms with Gasteiger partial charge < -0.3 is 9.84 Å². The number of carboxylic acid groups (broad SMARTS) is 1. The molecular formula is C21H26ClN5O8S2. The molecule has 37 heavy (non-hydrogen) atoms. The number of amides is 2. The lowest BCUT2D eigenvalue weighted by molar-refractivity contribution is -0.123. The van der Waals surface area contributed by atoms with Crippen molar-refractivity contribution in [2.45, 2.75) is 55.9 Å². The molecule has 2 aromatic rings. The number of fused-ring (bicyclic) bond motifs is 1. The minimum Gasteiger partial charge on any atom is -0.486 e. The van der Waals surface area contributed by atoms with Gasteiger partial charge in [0.25, 0.3) is 10.0 Å². The highest BCUT2D eigenvalue weighted by molar-refractivity contribution is 7.93. The monoisotopic (exact) mass is 575 g/mol. The molecule has 1 aromatic carbocycles. The van der Waals surface area contributed by atoms with E-state index in [-0.39, 0.29) is 40.1 Å². The molecule has 2 aliphatic rings. The molecule has 3 N–H and O–H groups in total. The Morgan fingerprint density at radius 3 is 2.57 bits per heavy atom. The predicted molar refractivity (Wildman–Crippen MR) is 134 cm³/mol. The molecular weight excluding hydrogens is 550 g/mol. The number of benzene rings is 1. The summed E-state index contributed by atoms with van der Waals surface area (Å²) < 4.78 is 62.2. The number of anilines is 2. The molecule has 1 aliphatic heterocycles. The Balaban J connectivity index is 1.64. The number of aromatic nitrogens is 2. The molecule has 1 aliphatic carbocycles. The van der Waals surface area contributed by atoms with Crippen LogP contribution in [0.3, 0.4) is 0 Å². The lowest BCUT2D eigenvalue weighted by Gasteiger charge is -2.36. The molecule has 13 nitrogen and oxygen atoms in total. The minimum absolute atomic E-state index is 0.00849. The van der Waals surface area contributed by atoms with E-state index < -0.39 is 49.3 Å². The molecule has 0 radical (unpaired) electrons. The summed E-state index contributed by atoms with van der Waals surface area (Å²) in [7, 11) is -8.03. The Kier molecular flexibility index (Phi) is 7.32. The van der Waals surface area contributed by atoms with Crippen molar-refractivity contribution in [2.75, 3.05) is 16.2 Å². The van der Waals surface area contributed by atoms with Gasteiger partial charge in [0.15, 0.2) is 5.15 Å². The molecule has 16 heteroatoms. The van der Waals surface area contributed by atoms with E-state index in [2.05, 4.69) is 15.1 Å². The highest BCUT2D eigenvalue weighted by atomic mass is 35.5. The number of hydrogen-bond acceptors (Lipinski definition) is 8. The topological polar surface area (TPSA) is 177 Å². The van der Waals surface area contributed by atoms with Crippen LogP contribution in [0.1, 0.15) is 33.1 Å². The van der Waals surface area contributed by atoms with Gasteiger partial charge in [0.1, 0.15) is 16.7 Å². The van der Waals surface area contributed by atoms with E-state index in [9.17, 15) is 26.4 Å². The summed E-state index contributed by atoms with van der Waals surface area (Å²) >= 11 is 6.14. The van der Waals surface area contributed by atoms with Gasteiger partial charge in [0.05, 0.1) is 17.5 Å². The van der Waals surface area contributed by atoms with Crippen molar-refractivity contribution in [1.82, 2.24) is 14.5 Å². The summed E-state index contributed by atoms with van der Waals surface area (Å²) in [4.78, 5) is 23.4. The second-order valence-electron chi connectivity index (χ2n) is 8.88. The summed E-state index contributed by atoms with van der Waals surface area (Å²) in [6, 6.07) is 4.13. The molecule has 0 saturated heterocycles. The van der Waals surface area contributed by atoms with Crippen molar-refractivity contribution in [3.63, 3.8) is 0 Å². The largest absolute Gasteiger partial charge is 0.486 e. The third kappa shape index (κ3) is 5.78. The van der Waals surface area contributed by atoms with Crippen LogP contribution in [0.25, 0.3) is 0 Å². The van der Waals surface area contributed by atoms with Crippen LogP contribution in [0.5, 0.6) is 5.75 Å². The fourth-order valence-corrected chi connectivity index (χ4v) is 7.25. The minimum atomic E-state index is -4.29. The molecule has 0 bridgehead atoms. The Bertz CT molecular complexity index is 1440. The number of rotatable bonds is 9.